The van der Waals surface area contributed by atoms with Crippen molar-refractivity contribution in [3.05, 3.63) is 100 Å². The van der Waals surface area contributed by atoms with Crippen LogP contribution in [-0.4, -0.2) is 42.8 Å². The molecule has 1 N–H and O–H groups in total. The van der Waals surface area contributed by atoms with E-state index in [0.29, 0.717) is 45.0 Å². The number of hydrogen-bond acceptors (Lipinski definition) is 9. The first-order chi connectivity index (χ1) is 19.5. The van der Waals surface area contributed by atoms with Crippen LogP contribution in [0.1, 0.15) is 36.3 Å². The van der Waals surface area contributed by atoms with Crippen LogP contribution in [0.5, 0.6) is 11.5 Å². The van der Waals surface area contributed by atoms with Crippen molar-refractivity contribution < 1.29 is 28.2 Å². The summed E-state index contributed by atoms with van der Waals surface area (Å²) in [5.74, 6) is 1.11. The van der Waals surface area contributed by atoms with Crippen molar-refractivity contribution in [3.63, 3.8) is 0 Å². The van der Waals surface area contributed by atoms with Crippen LogP contribution in [0, 0.1) is 0 Å². The molecule has 1 aromatic heterocycles. The van der Waals surface area contributed by atoms with Crippen LogP contribution >= 0.6 is 11.8 Å². The zero-order valence-electron chi connectivity index (χ0n) is 22.4. The van der Waals surface area contributed by atoms with Crippen LogP contribution in [0.4, 0.5) is 0 Å². The first-order valence-electron chi connectivity index (χ1n) is 12.7. The fourth-order valence-electron chi connectivity index (χ4n) is 4.66. The molecule has 0 saturated heterocycles. The average molecular weight is 560 g/mol. The van der Waals surface area contributed by atoms with Gasteiger partial charge in [-0.2, -0.15) is 0 Å². The molecule has 3 heterocycles. The van der Waals surface area contributed by atoms with Crippen molar-refractivity contribution in [2.75, 3.05) is 20.8 Å². The molecule has 0 spiro atoms. The van der Waals surface area contributed by atoms with Crippen molar-refractivity contribution in [2.24, 2.45) is 4.99 Å². The summed E-state index contributed by atoms with van der Waals surface area (Å²) in [6.07, 6.45) is 1.63. The van der Waals surface area contributed by atoms with Crippen LogP contribution in [0.3, 0.4) is 0 Å². The normalized spacial score (nSPS) is 16.2. The van der Waals surface area contributed by atoms with Crippen molar-refractivity contribution >= 4 is 34.5 Å². The molecular weight excluding hydrogens is 530 g/mol. The van der Waals surface area contributed by atoms with E-state index in [4.69, 9.17) is 23.6 Å². The minimum Gasteiger partial charge on any atom is -0.497 e. The summed E-state index contributed by atoms with van der Waals surface area (Å²) >= 11 is 1.40. The first-order valence-corrected chi connectivity index (χ1v) is 13.6. The van der Waals surface area contributed by atoms with Gasteiger partial charge in [-0.3, -0.25) is 4.79 Å². The van der Waals surface area contributed by atoms with Crippen LogP contribution in [0.25, 0.3) is 5.70 Å². The minimum atomic E-state index is -0.703. The lowest BCUT2D eigenvalue weighted by atomic mass is 9.90. The number of nitrogens with zero attached hydrogens (tertiary/aromatic N) is 2. The summed E-state index contributed by atoms with van der Waals surface area (Å²) in [6, 6.07) is 17.8. The summed E-state index contributed by atoms with van der Waals surface area (Å²) in [5.41, 5.74) is 2.98. The highest BCUT2D eigenvalue weighted by molar-refractivity contribution is 8.16. The van der Waals surface area contributed by atoms with Gasteiger partial charge in [0.25, 0.3) is 0 Å². The fraction of sp³-hybridized carbons (Fsp3) is 0.233. The smallest absolute Gasteiger partial charge is 0.338 e. The molecule has 0 radical (unpaired) electrons. The average Bonchev–Trinajstić information content (AvgIpc) is 3.65. The van der Waals surface area contributed by atoms with E-state index in [0.717, 1.165) is 5.56 Å². The van der Waals surface area contributed by atoms with E-state index in [1.165, 1.54) is 11.8 Å². The van der Waals surface area contributed by atoms with Gasteiger partial charge in [0, 0.05) is 16.8 Å². The number of nitrogens with one attached hydrogen (secondary N) is 1. The number of carbonyl (C=O) groups excluding carboxylic acids is 2. The van der Waals surface area contributed by atoms with Crippen LogP contribution in [0.2, 0.25) is 0 Å². The van der Waals surface area contributed by atoms with Crippen molar-refractivity contribution in [2.45, 2.75) is 25.9 Å². The SMILES string of the molecule is CCOC(=O)C1=C(c2ccccc2)N=C2SC=C(CC(=O)NCc3ccco3)N2[C@H]1c1cc(OC)ccc1OC. The number of ether oxygens (including phenoxy) is 3. The Morgan fingerprint density at radius 3 is 2.60 bits per heavy atom. The number of amides is 1. The summed E-state index contributed by atoms with van der Waals surface area (Å²) < 4.78 is 22.2. The van der Waals surface area contributed by atoms with E-state index in [2.05, 4.69) is 5.32 Å². The van der Waals surface area contributed by atoms with E-state index in [1.54, 1.807) is 51.7 Å². The molecule has 9 nitrogen and oxygen atoms in total. The molecule has 1 amide bonds. The molecule has 1 atom stereocenters. The Kier molecular flexibility index (Phi) is 8.26. The van der Waals surface area contributed by atoms with Crippen molar-refractivity contribution in [1.82, 2.24) is 10.2 Å². The van der Waals surface area contributed by atoms with Gasteiger partial charge in [-0.15, -0.1) is 0 Å². The van der Waals surface area contributed by atoms with Gasteiger partial charge in [0.15, 0.2) is 5.17 Å². The highest BCUT2D eigenvalue weighted by Crippen LogP contribution is 2.49. The largest absolute Gasteiger partial charge is 0.497 e. The molecule has 2 aromatic carbocycles. The number of carbonyl (C=O) groups is 2. The van der Waals surface area contributed by atoms with Gasteiger partial charge in [-0.25, -0.2) is 9.79 Å². The number of fused-ring (bicyclic) bond motifs is 1. The zero-order valence-corrected chi connectivity index (χ0v) is 23.2. The molecule has 206 valence electrons. The van der Waals surface area contributed by atoms with Crippen molar-refractivity contribution in [1.29, 1.82) is 0 Å². The lowest BCUT2D eigenvalue weighted by Gasteiger charge is -2.37. The second-order valence-electron chi connectivity index (χ2n) is 8.88. The number of furan rings is 1. The van der Waals surface area contributed by atoms with E-state index in [1.807, 2.05) is 46.7 Å². The maximum absolute atomic E-state index is 13.7. The predicted molar refractivity (Wildman–Crippen MR) is 152 cm³/mol. The Morgan fingerprint density at radius 1 is 1.07 bits per heavy atom. The summed E-state index contributed by atoms with van der Waals surface area (Å²) in [5, 5.41) is 5.42. The molecule has 40 heavy (non-hydrogen) atoms. The molecule has 0 unspecified atom stereocenters. The summed E-state index contributed by atoms with van der Waals surface area (Å²) in [4.78, 5) is 33.6. The number of aliphatic imine (C=N–C) groups is 1. The van der Waals surface area contributed by atoms with Crippen LogP contribution in [-0.2, 0) is 20.9 Å². The number of hydrogen-bond donors (Lipinski definition) is 1. The van der Waals surface area contributed by atoms with Crippen LogP contribution < -0.4 is 14.8 Å². The highest BCUT2D eigenvalue weighted by atomic mass is 32.2. The van der Waals surface area contributed by atoms with Crippen LogP contribution in [0.15, 0.2) is 93.0 Å². The van der Waals surface area contributed by atoms with Gasteiger partial charge in [0.05, 0.1) is 57.4 Å². The predicted octanol–water partition coefficient (Wildman–Crippen LogP) is 5.28. The second-order valence-corrected chi connectivity index (χ2v) is 9.72. The van der Waals surface area contributed by atoms with Gasteiger partial charge >= 0.3 is 5.97 Å². The van der Waals surface area contributed by atoms with E-state index >= 15 is 0 Å². The second kappa shape index (κ2) is 12.2. The summed E-state index contributed by atoms with van der Waals surface area (Å²) in [7, 11) is 3.16. The number of amidine groups is 1. The Morgan fingerprint density at radius 2 is 1.90 bits per heavy atom. The number of methoxy groups -OCH3 is 2. The monoisotopic (exact) mass is 559 g/mol. The zero-order chi connectivity index (χ0) is 28.1. The molecule has 2 aliphatic rings. The van der Waals surface area contributed by atoms with E-state index < -0.39 is 12.0 Å². The maximum Gasteiger partial charge on any atom is 0.338 e. The maximum atomic E-state index is 13.7. The quantitative estimate of drug-likeness (QED) is 0.335. The van der Waals surface area contributed by atoms with E-state index in [-0.39, 0.29) is 25.5 Å². The number of benzene rings is 2. The molecular formula is C30H29N3O6S. The molecule has 3 aromatic rings. The molecule has 0 aliphatic carbocycles. The molecule has 0 bridgehead atoms. The van der Waals surface area contributed by atoms with Gasteiger partial charge in [-0.05, 0) is 42.7 Å². The Balaban J connectivity index is 1.61. The number of rotatable bonds is 10. The Hall–Kier alpha value is -4.44. The summed E-state index contributed by atoms with van der Waals surface area (Å²) in [6.45, 7) is 2.22. The van der Waals surface area contributed by atoms with Crippen molar-refractivity contribution in [3.8, 4) is 11.5 Å². The lowest BCUT2D eigenvalue weighted by Crippen LogP contribution is -2.38. The topological polar surface area (TPSA) is 103 Å². The fourth-order valence-corrected chi connectivity index (χ4v) is 5.58. The first kappa shape index (κ1) is 27.1. The highest BCUT2D eigenvalue weighted by Gasteiger charge is 2.43. The Labute approximate surface area is 236 Å². The third-order valence-corrected chi connectivity index (χ3v) is 7.35. The van der Waals surface area contributed by atoms with Gasteiger partial charge in [0.2, 0.25) is 5.91 Å². The number of esters is 1. The minimum absolute atomic E-state index is 0.0618. The molecule has 0 fully saturated rings. The van der Waals surface area contributed by atoms with Gasteiger partial charge in [-0.1, -0.05) is 42.1 Å². The lowest BCUT2D eigenvalue weighted by molar-refractivity contribution is -0.139. The van der Waals surface area contributed by atoms with E-state index in [9.17, 15) is 9.59 Å². The molecule has 2 aliphatic heterocycles. The van der Waals surface area contributed by atoms with Gasteiger partial charge < -0.3 is 28.8 Å². The standard InChI is InChI=1S/C30H29N3O6S/c1-4-38-29(35)26-27(19-9-6-5-7-10-19)32-30-33(28(26)23-16-21(36-2)12-13-24(23)37-3)20(18-40-30)15-25(34)31-17-22-11-8-14-39-22/h5-14,16,18,28H,4,15,17H2,1-3H3,(H,31,34)/t28-/m0/s1. The van der Waals surface area contributed by atoms with Gasteiger partial charge in [0.1, 0.15) is 17.3 Å². The third-order valence-electron chi connectivity index (χ3n) is 6.47. The third kappa shape index (κ3) is 5.48. The molecule has 0 saturated carbocycles. The molecule has 10 heteroatoms. The molecule has 5 rings (SSSR count). The number of thioether (sulfide) groups is 1. The Bertz CT molecular complexity index is 1480.